The number of anilines is 1. The molecule has 0 heterocycles. The van der Waals surface area contributed by atoms with Crippen LogP contribution >= 0.6 is 46.6 Å². The molecule has 1 unspecified atom stereocenters. The molecule has 0 saturated carbocycles. The maximum atomic E-state index is 11.7. The van der Waals surface area contributed by atoms with Gasteiger partial charge in [0, 0.05) is 11.9 Å². The molecule has 106 valence electrons. The molecule has 0 aliphatic heterocycles. The van der Waals surface area contributed by atoms with E-state index in [0.717, 1.165) is 0 Å². The van der Waals surface area contributed by atoms with E-state index in [1.165, 1.54) is 23.9 Å². The molecule has 1 aromatic carbocycles. The summed E-state index contributed by atoms with van der Waals surface area (Å²) in [5.41, 5.74) is 0.441. The Labute approximate surface area is 131 Å². The SMILES string of the molecule is CC(CCO)SCC(=O)Nc1cc(Cl)c(Cl)cc1Cl. The van der Waals surface area contributed by atoms with Gasteiger partial charge in [-0.3, -0.25) is 4.79 Å². The van der Waals surface area contributed by atoms with Crippen molar-refractivity contribution in [1.82, 2.24) is 0 Å². The third-order valence-electron chi connectivity index (χ3n) is 2.32. The second-order valence-corrected chi connectivity index (χ2v) is 6.58. The van der Waals surface area contributed by atoms with Crippen LogP contribution in [0.3, 0.4) is 0 Å². The molecule has 1 rings (SSSR count). The first-order chi connectivity index (χ1) is 8.93. The predicted octanol–water partition coefficient (Wildman–Crippen LogP) is 4.09. The zero-order valence-electron chi connectivity index (χ0n) is 10.3. The van der Waals surface area contributed by atoms with E-state index in [-0.39, 0.29) is 23.5 Å². The van der Waals surface area contributed by atoms with E-state index in [9.17, 15) is 4.79 Å². The Morgan fingerprint density at radius 3 is 2.58 bits per heavy atom. The van der Waals surface area contributed by atoms with Crippen LogP contribution < -0.4 is 5.32 Å². The number of nitrogens with one attached hydrogen (secondary N) is 1. The van der Waals surface area contributed by atoms with Crippen LogP contribution in [0.25, 0.3) is 0 Å². The van der Waals surface area contributed by atoms with Gasteiger partial charge in [0.1, 0.15) is 0 Å². The van der Waals surface area contributed by atoms with E-state index in [1.54, 1.807) is 0 Å². The molecule has 0 spiro atoms. The van der Waals surface area contributed by atoms with E-state index in [4.69, 9.17) is 39.9 Å². The first-order valence-electron chi connectivity index (χ1n) is 5.61. The van der Waals surface area contributed by atoms with Gasteiger partial charge in [0.25, 0.3) is 0 Å². The molecule has 0 radical (unpaired) electrons. The first-order valence-corrected chi connectivity index (χ1v) is 7.79. The normalized spacial score (nSPS) is 12.3. The maximum absolute atomic E-state index is 11.7. The van der Waals surface area contributed by atoms with Crippen LogP contribution in [-0.4, -0.2) is 28.6 Å². The monoisotopic (exact) mass is 341 g/mol. The van der Waals surface area contributed by atoms with E-state index in [0.29, 0.717) is 27.2 Å². The Balaban J connectivity index is 2.55. The molecule has 0 aromatic heterocycles. The van der Waals surface area contributed by atoms with Crippen LogP contribution in [-0.2, 0) is 4.79 Å². The molecule has 0 bridgehead atoms. The highest BCUT2D eigenvalue weighted by atomic mass is 35.5. The number of aliphatic hydroxyl groups excluding tert-OH is 1. The molecule has 1 atom stereocenters. The third kappa shape index (κ3) is 5.79. The number of amides is 1. The Morgan fingerprint density at radius 1 is 1.32 bits per heavy atom. The highest BCUT2D eigenvalue weighted by Gasteiger charge is 2.11. The highest BCUT2D eigenvalue weighted by molar-refractivity contribution is 8.00. The summed E-state index contributed by atoms with van der Waals surface area (Å²) in [4.78, 5) is 11.7. The van der Waals surface area contributed by atoms with Gasteiger partial charge >= 0.3 is 0 Å². The van der Waals surface area contributed by atoms with E-state index in [2.05, 4.69) is 5.32 Å². The van der Waals surface area contributed by atoms with E-state index in [1.807, 2.05) is 6.92 Å². The van der Waals surface area contributed by atoms with Gasteiger partial charge in [0.05, 0.1) is 26.5 Å². The van der Waals surface area contributed by atoms with Crippen molar-refractivity contribution in [1.29, 1.82) is 0 Å². The molecular weight excluding hydrogens is 329 g/mol. The molecule has 0 saturated heterocycles. The lowest BCUT2D eigenvalue weighted by Gasteiger charge is -2.11. The molecule has 7 heteroatoms. The smallest absolute Gasteiger partial charge is 0.234 e. The van der Waals surface area contributed by atoms with E-state index < -0.39 is 0 Å². The minimum atomic E-state index is -0.171. The van der Waals surface area contributed by atoms with Gasteiger partial charge < -0.3 is 10.4 Å². The number of thioether (sulfide) groups is 1. The number of halogens is 3. The fourth-order valence-corrected chi connectivity index (χ4v) is 2.66. The fraction of sp³-hybridized carbons (Fsp3) is 0.417. The summed E-state index contributed by atoms with van der Waals surface area (Å²) in [6.07, 6.45) is 0.658. The molecule has 19 heavy (non-hydrogen) atoms. The summed E-state index contributed by atoms with van der Waals surface area (Å²) < 4.78 is 0. The fourth-order valence-electron chi connectivity index (χ4n) is 1.29. The van der Waals surface area contributed by atoms with Crippen molar-refractivity contribution in [3.05, 3.63) is 27.2 Å². The molecule has 1 amide bonds. The predicted molar refractivity (Wildman–Crippen MR) is 83.7 cm³/mol. The number of aliphatic hydroxyl groups is 1. The van der Waals surface area contributed by atoms with Crippen LogP contribution in [0, 0.1) is 0 Å². The molecule has 2 N–H and O–H groups in total. The average molecular weight is 343 g/mol. The van der Waals surface area contributed by atoms with E-state index >= 15 is 0 Å². The van der Waals surface area contributed by atoms with Crippen molar-refractivity contribution in [3.63, 3.8) is 0 Å². The number of rotatable bonds is 6. The third-order valence-corrected chi connectivity index (χ3v) is 4.59. The molecule has 3 nitrogen and oxygen atoms in total. The lowest BCUT2D eigenvalue weighted by atomic mass is 10.3. The zero-order valence-corrected chi connectivity index (χ0v) is 13.3. The summed E-state index contributed by atoms with van der Waals surface area (Å²) in [6, 6.07) is 3.01. The number of benzene rings is 1. The second-order valence-electron chi connectivity index (χ2n) is 3.93. The molecule has 0 fully saturated rings. The molecular formula is C12H14Cl3NO2S. The Hall–Kier alpha value is -0.130. The zero-order chi connectivity index (χ0) is 14.4. The van der Waals surface area contributed by atoms with Gasteiger partial charge in [-0.05, 0) is 18.6 Å². The quantitative estimate of drug-likeness (QED) is 0.766. The maximum Gasteiger partial charge on any atom is 0.234 e. The number of hydrogen-bond acceptors (Lipinski definition) is 3. The van der Waals surface area contributed by atoms with Gasteiger partial charge in [0.2, 0.25) is 5.91 Å². The van der Waals surface area contributed by atoms with Gasteiger partial charge in [0.15, 0.2) is 0 Å². The lowest BCUT2D eigenvalue weighted by molar-refractivity contribution is -0.113. The van der Waals surface area contributed by atoms with Crippen molar-refractivity contribution in [2.24, 2.45) is 0 Å². The van der Waals surface area contributed by atoms with Gasteiger partial charge in [-0.25, -0.2) is 0 Å². The second kappa shape index (κ2) is 8.22. The average Bonchev–Trinajstić information content (AvgIpc) is 2.34. The Morgan fingerprint density at radius 2 is 1.95 bits per heavy atom. The summed E-state index contributed by atoms with van der Waals surface area (Å²) in [5.74, 6) is 0.118. The number of hydrogen-bond donors (Lipinski definition) is 2. The van der Waals surface area contributed by atoms with Crippen LogP contribution in [0.4, 0.5) is 5.69 Å². The topological polar surface area (TPSA) is 49.3 Å². The molecule has 1 aromatic rings. The summed E-state index contributed by atoms with van der Waals surface area (Å²) in [6.45, 7) is 2.08. The minimum Gasteiger partial charge on any atom is -0.396 e. The molecule has 0 aliphatic rings. The van der Waals surface area contributed by atoms with Crippen LogP contribution in [0.15, 0.2) is 12.1 Å². The summed E-state index contributed by atoms with van der Waals surface area (Å²) in [7, 11) is 0. The van der Waals surface area contributed by atoms with Crippen molar-refractivity contribution in [3.8, 4) is 0 Å². The largest absolute Gasteiger partial charge is 0.396 e. The van der Waals surface area contributed by atoms with Crippen LogP contribution in [0.1, 0.15) is 13.3 Å². The minimum absolute atomic E-state index is 0.119. The van der Waals surface area contributed by atoms with Crippen molar-refractivity contribution in [2.75, 3.05) is 17.7 Å². The lowest BCUT2D eigenvalue weighted by Crippen LogP contribution is -2.16. The van der Waals surface area contributed by atoms with Crippen molar-refractivity contribution < 1.29 is 9.90 Å². The summed E-state index contributed by atoms with van der Waals surface area (Å²) >= 11 is 19.1. The van der Waals surface area contributed by atoms with Gasteiger partial charge in [-0.15, -0.1) is 11.8 Å². The Bertz CT molecular complexity index is 457. The highest BCUT2D eigenvalue weighted by Crippen LogP contribution is 2.32. The standard InChI is InChI=1S/C12H14Cl3NO2S/c1-7(2-3-17)19-6-12(18)16-11-5-9(14)8(13)4-10(11)15/h4-5,7,17H,2-3,6H2,1H3,(H,16,18). The van der Waals surface area contributed by atoms with Crippen molar-refractivity contribution in [2.45, 2.75) is 18.6 Å². The van der Waals surface area contributed by atoms with Crippen LogP contribution in [0.2, 0.25) is 15.1 Å². The van der Waals surface area contributed by atoms with Crippen molar-refractivity contribution >= 4 is 58.2 Å². The van der Waals surface area contributed by atoms with Gasteiger partial charge in [-0.1, -0.05) is 41.7 Å². The first kappa shape index (κ1) is 16.9. The molecule has 0 aliphatic carbocycles. The number of carbonyl (C=O) groups excluding carboxylic acids is 1. The summed E-state index contributed by atoms with van der Waals surface area (Å²) in [5, 5.41) is 12.7. The number of carbonyl (C=O) groups is 1. The van der Waals surface area contributed by atoms with Crippen LogP contribution in [0.5, 0.6) is 0 Å². The van der Waals surface area contributed by atoms with Gasteiger partial charge in [-0.2, -0.15) is 0 Å². The Kier molecular flexibility index (Phi) is 7.32.